The molecule has 1 N–H and O–H groups in total. The van der Waals surface area contributed by atoms with E-state index in [-0.39, 0.29) is 12.5 Å². The Balaban J connectivity index is 2.16. The van der Waals surface area contributed by atoms with Gasteiger partial charge < -0.3 is 19.7 Å². The molecule has 1 heterocycles. The molecule has 6 nitrogen and oxygen atoms in total. The third-order valence-corrected chi connectivity index (χ3v) is 3.13. The van der Waals surface area contributed by atoms with E-state index in [9.17, 15) is 9.59 Å². The van der Waals surface area contributed by atoms with Crippen LogP contribution in [0.5, 0.6) is 5.75 Å². The summed E-state index contributed by atoms with van der Waals surface area (Å²) in [5.74, 6) is 0.421. The molecule has 120 valence electrons. The van der Waals surface area contributed by atoms with Gasteiger partial charge in [-0.3, -0.25) is 4.79 Å². The fourth-order valence-electron chi connectivity index (χ4n) is 2.23. The van der Waals surface area contributed by atoms with E-state index in [1.54, 1.807) is 31.7 Å². The number of amides is 2. The molecule has 0 saturated carbocycles. The number of nitrogens with zero attached hydrogens (tertiary/aromatic N) is 1. The fraction of sp³-hybridized carbons (Fsp3) is 0.500. The number of benzene rings is 1. The largest absolute Gasteiger partial charge is 0.489 e. The maximum Gasteiger partial charge on any atom is 0.408 e. The predicted octanol–water partition coefficient (Wildman–Crippen LogP) is 2.33. The van der Waals surface area contributed by atoms with Gasteiger partial charge >= 0.3 is 6.09 Å². The number of rotatable bonds is 2. The molecule has 0 radical (unpaired) electrons. The van der Waals surface area contributed by atoms with Gasteiger partial charge in [0.15, 0.2) is 0 Å². The van der Waals surface area contributed by atoms with Crippen LogP contribution in [0.1, 0.15) is 27.7 Å². The summed E-state index contributed by atoms with van der Waals surface area (Å²) in [6.45, 7) is 7.76. The predicted molar refractivity (Wildman–Crippen MR) is 83.1 cm³/mol. The Hall–Kier alpha value is -2.24. The molecule has 1 aliphatic heterocycles. The summed E-state index contributed by atoms with van der Waals surface area (Å²) >= 11 is 0. The van der Waals surface area contributed by atoms with E-state index >= 15 is 0 Å². The Kier molecular flexibility index (Phi) is 4.59. The van der Waals surface area contributed by atoms with Crippen LogP contribution in [0.2, 0.25) is 0 Å². The van der Waals surface area contributed by atoms with Gasteiger partial charge in [0.1, 0.15) is 24.0 Å². The van der Waals surface area contributed by atoms with Crippen molar-refractivity contribution in [3.05, 3.63) is 24.3 Å². The van der Waals surface area contributed by atoms with Crippen molar-refractivity contribution in [2.45, 2.75) is 39.3 Å². The third-order valence-electron chi connectivity index (χ3n) is 3.13. The lowest BCUT2D eigenvalue weighted by atomic mass is 10.2. The molecule has 0 aliphatic carbocycles. The minimum absolute atomic E-state index is 0.0750. The number of hydrogen-bond acceptors (Lipinski definition) is 4. The molecule has 0 fully saturated rings. The molecule has 22 heavy (non-hydrogen) atoms. The summed E-state index contributed by atoms with van der Waals surface area (Å²) in [4.78, 5) is 26.1. The fourth-order valence-corrected chi connectivity index (χ4v) is 2.23. The highest BCUT2D eigenvalue weighted by Crippen LogP contribution is 2.30. The van der Waals surface area contributed by atoms with Crippen LogP contribution in [-0.4, -0.2) is 36.8 Å². The quantitative estimate of drug-likeness (QED) is 0.910. The Morgan fingerprint density at radius 3 is 2.73 bits per heavy atom. The van der Waals surface area contributed by atoms with E-state index in [1.807, 2.05) is 25.1 Å². The molecule has 2 amide bonds. The molecule has 0 saturated heterocycles. The zero-order valence-corrected chi connectivity index (χ0v) is 13.4. The average molecular weight is 306 g/mol. The first-order valence-electron chi connectivity index (χ1n) is 7.34. The lowest BCUT2D eigenvalue weighted by Crippen LogP contribution is -2.51. The number of hydrogen-bond donors (Lipinski definition) is 1. The lowest BCUT2D eigenvalue weighted by Gasteiger charge is -2.25. The van der Waals surface area contributed by atoms with E-state index in [1.165, 1.54) is 0 Å². The first kappa shape index (κ1) is 16.1. The Bertz CT molecular complexity index is 566. The van der Waals surface area contributed by atoms with Crippen molar-refractivity contribution in [2.24, 2.45) is 0 Å². The zero-order chi connectivity index (χ0) is 16.3. The van der Waals surface area contributed by atoms with Crippen LogP contribution in [0.3, 0.4) is 0 Å². The van der Waals surface area contributed by atoms with E-state index < -0.39 is 17.7 Å². The molecule has 2 rings (SSSR count). The van der Waals surface area contributed by atoms with Crippen molar-refractivity contribution >= 4 is 17.7 Å². The van der Waals surface area contributed by atoms with Crippen molar-refractivity contribution in [1.29, 1.82) is 0 Å². The number of carbonyl (C=O) groups is 2. The van der Waals surface area contributed by atoms with Gasteiger partial charge in [-0.15, -0.1) is 0 Å². The second kappa shape index (κ2) is 6.25. The van der Waals surface area contributed by atoms with Crippen molar-refractivity contribution in [2.75, 3.05) is 18.1 Å². The van der Waals surface area contributed by atoms with Crippen LogP contribution < -0.4 is 15.0 Å². The number of ether oxygens (including phenoxy) is 2. The van der Waals surface area contributed by atoms with Crippen molar-refractivity contribution in [3.8, 4) is 5.75 Å². The molecule has 1 aromatic rings. The standard InChI is InChI=1S/C16H22N2O4/c1-5-18-12-8-6-7-9-13(12)21-10-11(14(18)19)17-15(20)22-16(2,3)4/h6-9,11H,5,10H2,1-4H3,(H,17,20)/t11-/m0/s1. The van der Waals surface area contributed by atoms with Crippen LogP contribution in [0, 0.1) is 0 Å². The van der Waals surface area contributed by atoms with Gasteiger partial charge in [-0.1, -0.05) is 12.1 Å². The van der Waals surface area contributed by atoms with Crippen LogP contribution in [-0.2, 0) is 9.53 Å². The van der Waals surface area contributed by atoms with E-state index in [2.05, 4.69) is 5.32 Å². The molecule has 1 aromatic carbocycles. The smallest absolute Gasteiger partial charge is 0.408 e. The first-order valence-corrected chi connectivity index (χ1v) is 7.34. The molecule has 1 aliphatic rings. The summed E-state index contributed by atoms with van der Waals surface area (Å²) in [6.07, 6.45) is -0.628. The van der Waals surface area contributed by atoms with Crippen molar-refractivity contribution < 1.29 is 19.1 Å². The second-order valence-corrected chi connectivity index (χ2v) is 6.06. The number of alkyl carbamates (subject to hydrolysis) is 1. The van der Waals surface area contributed by atoms with Gasteiger partial charge in [-0.05, 0) is 39.8 Å². The average Bonchev–Trinajstić information content (AvgIpc) is 2.55. The number of likely N-dealkylation sites (N-methyl/N-ethyl adjacent to an activating group) is 1. The summed E-state index contributed by atoms with van der Waals surface area (Å²) in [6, 6.07) is 6.55. The first-order chi connectivity index (χ1) is 10.3. The normalized spacial score (nSPS) is 18.1. The van der Waals surface area contributed by atoms with Gasteiger partial charge in [0.25, 0.3) is 5.91 Å². The number of anilines is 1. The number of fused-ring (bicyclic) bond motifs is 1. The number of para-hydroxylation sites is 2. The monoisotopic (exact) mass is 306 g/mol. The Morgan fingerprint density at radius 2 is 2.09 bits per heavy atom. The molecule has 0 bridgehead atoms. The van der Waals surface area contributed by atoms with Gasteiger partial charge in [0.05, 0.1) is 5.69 Å². The molecular weight excluding hydrogens is 284 g/mol. The van der Waals surface area contributed by atoms with E-state index in [4.69, 9.17) is 9.47 Å². The second-order valence-electron chi connectivity index (χ2n) is 6.06. The van der Waals surface area contributed by atoms with Gasteiger partial charge in [-0.2, -0.15) is 0 Å². The number of nitrogens with one attached hydrogen (secondary N) is 1. The summed E-state index contributed by atoms with van der Waals surface area (Å²) < 4.78 is 10.9. The van der Waals surface area contributed by atoms with E-state index in [0.29, 0.717) is 18.0 Å². The molecule has 0 spiro atoms. The summed E-state index contributed by atoms with van der Waals surface area (Å²) in [7, 11) is 0. The van der Waals surface area contributed by atoms with Crippen LogP contribution in [0.25, 0.3) is 0 Å². The summed E-state index contributed by atoms with van der Waals surface area (Å²) in [5, 5.41) is 2.59. The maximum absolute atomic E-state index is 12.6. The maximum atomic E-state index is 12.6. The number of carbonyl (C=O) groups excluding carboxylic acids is 2. The molecule has 6 heteroatoms. The van der Waals surface area contributed by atoms with Gasteiger partial charge in [-0.25, -0.2) is 4.79 Å². The van der Waals surface area contributed by atoms with Crippen molar-refractivity contribution in [3.63, 3.8) is 0 Å². The van der Waals surface area contributed by atoms with Gasteiger partial charge in [0.2, 0.25) is 0 Å². The van der Waals surface area contributed by atoms with Crippen LogP contribution in [0.4, 0.5) is 10.5 Å². The lowest BCUT2D eigenvalue weighted by molar-refractivity contribution is -0.121. The summed E-state index contributed by atoms with van der Waals surface area (Å²) in [5.41, 5.74) is 0.0926. The van der Waals surface area contributed by atoms with Crippen LogP contribution >= 0.6 is 0 Å². The molecular formula is C16H22N2O4. The highest BCUT2D eigenvalue weighted by atomic mass is 16.6. The topological polar surface area (TPSA) is 67.9 Å². The Morgan fingerprint density at radius 1 is 1.41 bits per heavy atom. The SMILES string of the molecule is CCN1C(=O)[C@@H](NC(=O)OC(C)(C)C)COc2ccccc21. The minimum Gasteiger partial charge on any atom is -0.489 e. The Labute approximate surface area is 130 Å². The molecule has 0 unspecified atom stereocenters. The van der Waals surface area contributed by atoms with Crippen LogP contribution in [0.15, 0.2) is 24.3 Å². The zero-order valence-electron chi connectivity index (χ0n) is 13.4. The van der Waals surface area contributed by atoms with E-state index in [0.717, 1.165) is 0 Å². The van der Waals surface area contributed by atoms with Gasteiger partial charge in [0, 0.05) is 6.54 Å². The minimum atomic E-state index is -0.776. The highest BCUT2D eigenvalue weighted by molar-refractivity contribution is 6.00. The van der Waals surface area contributed by atoms with Crippen molar-refractivity contribution in [1.82, 2.24) is 5.32 Å². The molecule has 0 aromatic heterocycles. The third kappa shape index (κ3) is 3.69. The highest BCUT2D eigenvalue weighted by Gasteiger charge is 2.32. The molecule has 1 atom stereocenters.